The first kappa shape index (κ1) is 22.1. The van der Waals surface area contributed by atoms with E-state index in [1.807, 2.05) is 74.5 Å². The van der Waals surface area contributed by atoms with Crippen molar-refractivity contribution >= 4 is 29.0 Å². The van der Waals surface area contributed by atoms with E-state index in [0.29, 0.717) is 17.1 Å². The molecular formula is C25H28N4O2. The molecule has 3 aromatic rings. The highest BCUT2D eigenvalue weighted by atomic mass is 16.2. The lowest BCUT2D eigenvalue weighted by Crippen LogP contribution is -2.37. The zero-order chi connectivity index (χ0) is 22.1. The summed E-state index contributed by atoms with van der Waals surface area (Å²) in [6, 6.07) is 25.4. The number of urea groups is 1. The molecule has 3 N–H and O–H groups in total. The van der Waals surface area contributed by atoms with Gasteiger partial charge in [-0.25, -0.2) is 4.79 Å². The molecule has 0 bridgehead atoms. The topological polar surface area (TPSA) is 73.5 Å². The Hall–Kier alpha value is -3.64. The minimum absolute atomic E-state index is 0.0857. The van der Waals surface area contributed by atoms with Gasteiger partial charge in [0.15, 0.2) is 0 Å². The van der Waals surface area contributed by atoms with Gasteiger partial charge in [0.2, 0.25) is 5.91 Å². The highest BCUT2D eigenvalue weighted by Crippen LogP contribution is 2.23. The van der Waals surface area contributed by atoms with Gasteiger partial charge in [-0.1, -0.05) is 62.4 Å². The third-order valence-electron chi connectivity index (χ3n) is 4.98. The molecule has 31 heavy (non-hydrogen) atoms. The number of nitrogens with zero attached hydrogens (tertiary/aromatic N) is 1. The summed E-state index contributed by atoms with van der Waals surface area (Å²) in [5, 5.41) is 8.56. The fourth-order valence-electron chi connectivity index (χ4n) is 3.41. The van der Waals surface area contributed by atoms with Gasteiger partial charge in [-0.15, -0.1) is 0 Å². The molecule has 0 spiro atoms. The Kier molecular flexibility index (Phi) is 7.79. The molecule has 160 valence electrons. The number of benzene rings is 3. The zero-order valence-electron chi connectivity index (χ0n) is 17.8. The summed E-state index contributed by atoms with van der Waals surface area (Å²) >= 11 is 0. The highest BCUT2D eigenvalue weighted by Gasteiger charge is 2.25. The highest BCUT2D eigenvalue weighted by molar-refractivity contribution is 6.00. The van der Waals surface area contributed by atoms with Crippen molar-refractivity contribution in [1.82, 2.24) is 4.90 Å². The van der Waals surface area contributed by atoms with Gasteiger partial charge in [-0.3, -0.25) is 9.69 Å². The third kappa shape index (κ3) is 6.17. The van der Waals surface area contributed by atoms with E-state index in [2.05, 4.69) is 20.9 Å². The van der Waals surface area contributed by atoms with Crippen LogP contribution in [0.4, 0.5) is 21.9 Å². The van der Waals surface area contributed by atoms with Crippen LogP contribution in [0, 0.1) is 0 Å². The predicted molar refractivity (Wildman–Crippen MR) is 126 cm³/mol. The molecular weight excluding hydrogens is 388 g/mol. The van der Waals surface area contributed by atoms with E-state index >= 15 is 0 Å². The Bertz CT molecular complexity index is 971. The first-order valence-corrected chi connectivity index (χ1v) is 10.4. The second-order valence-electron chi connectivity index (χ2n) is 7.05. The number of amides is 3. The standard InChI is InChI=1S/C25H28N4O2/c1-3-29(4-2)23(19-11-7-5-8-12-19)24(30)26-21-15-17-22(18-16-21)28-25(31)27-20-13-9-6-10-14-20/h5-18,23H,3-4H2,1-2H3,(H,26,30)(H2,27,28,31). The van der Waals surface area contributed by atoms with Gasteiger partial charge in [-0.2, -0.15) is 0 Å². The van der Waals surface area contributed by atoms with Crippen LogP contribution in [0.25, 0.3) is 0 Å². The van der Waals surface area contributed by atoms with Crippen LogP contribution >= 0.6 is 0 Å². The first-order chi connectivity index (χ1) is 15.1. The molecule has 0 fully saturated rings. The lowest BCUT2D eigenvalue weighted by molar-refractivity contribution is -0.121. The Morgan fingerprint density at radius 2 is 1.13 bits per heavy atom. The molecule has 0 aromatic heterocycles. The fourth-order valence-corrected chi connectivity index (χ4v) is 3.41. The van der Waals surface area contributed by atoms with Gasteiger partial charge < -0.3 is 16.0 Å². The molecule has 3 amide bonds. The maximum atomic E-state index is 13.1. The van der Waals surface area contributed by atoms with E-state index in [0.717, 1.165) is 18.7 Å². The van der Waals surface area contributed by atoms with Crippen LogP contribution in [0.3, 0.4) is 0 Å². The second kappa shape index (κ2) is 10.9. The van der Waals surface area contributed by atoms with Crippen LogP contribution in [0.2, 0.25) is 0 Å². The number of para-hydroxylation sites is 1. The molecule has 1 atom stereocenters. The number of hydrogen-bond donors (Lipinski definition) is 3. The smallest absolute Gasteiger partial charge is 0.323 e. The van der Waals surface area contributed by atoms with Gasteiger partial charge in [0.05, 0.1) is 0 Å². The molecule has 6 nitrogen and oxygen atoms in total. The van der Waals surface area contributed by atoms with Gasteiger partial charge in [0, 0.05) is 17.1 Å². The van der Waals surface area contributed by atoms with E-state index < -0.39 is 0 Å². The quantitative estimate of drug-likeness (QED) is 0.463. The third-order valence-corrected chi connectivity index (χ3v) is 4.98. The van der Waals surface area contributed by atoms with Crippen molar-refractivity contribution in [2.24, 2.45) is 0 Å². The number of hydrogen-bond acceptors (Lipinski definition) is 3. The maximum Gasteiger partial charge on any atom is 0.323 e. The monoisotopic (exact) mass is 416 g/mol. The maximum absolute atomic E-state index is 13.1. The fraction of sp³-hybridized carbons (Fsp3) is 0.200. The number of carbonyl (C=O) groups excluding carboxylic acids is 2. The van der Waals surface area contributed by atoms with E-state index in [1.165, 1.54) is 0 Å². The number of rotatable bonds is 8. The molecule has 0 saturated heterocycles. The average molecular weight is 417 g/mol. The second-order valence-corrected chi connectivity index (χ2v) is 7.05. The molecule has 0 heterocycles. The van der Waals surface area contributed by atoms with Crippen molar-refractivity contribution in [3.63, 3.8) is 0 Å². The SMILES string of the molecule is CCN(CC)C(C(=O)Nc1ccc(NC(=O)Nc2ccccc2)cc1)c1ccccc1. The van der Waals surface area contributed by atoms with Crippen molar-refractivity contribution in [3.05, 3.63) is 90.5 Å². The number of nitrogens with one attached hydrogen (secondary N) is 3. The Labute approximate surface area is 183 Å². The molecule has 6 heteroatoms. The molecule has 0 aliphatic rings. The average Bonchev–Trinajstić information content (AvgIpc) is 2.79. The normalized spacial score (nSPS) is 11.6. The van der Waals surface area contributed by atoms with Crippen molar-refractivity contribution in [2.45, 2.75) is 19.9 Å². The lowest BCUT2D eigenvalue weighted by Gasteiger charge is -2.29. The van der Waals surface area contributed by atoms with Crippen LogP contribution in [-0.2, 0) is 4.79 Å². The van der Waals surface area contributed by atoms with E-state index in [9.17, 15) is 9.59 Å². The predicted octanol–water partition coefficient (Wildman–Crippen LogP) is 5.35. The van der Waals surface area contributed by atoms with Crippen LogP contribution in [-0.4, -0.2) is 29.9 Å². The van der Waals surface area contributed by atoms with Gasteiger partial charge in [0.1, 0.15) is 6.04 Å². The Morgan fingerprint density at radius 3 is 1.65 bits per heavy atom. The van der Waals surface area contributed by atoms with Crippen LogP contribution in [0.15, 0.2) is 84.9 Å². The van der Waals surface area contributed by atoms with E-state index in [-0.39, 0.29) is 18.0 Å². The summed E-state index contributed by atoms with van der Waals surface area (Å²) in [4.78, 5) is 27.4. The first-order valence-electron chi connectivity index (χ1n) is 10.4. The molecule has 0 aliphatic heterocycles. The number of carbonyl (C=O) groups is 2. The summed E-state index contributed by atoms with van der Waals surface area (Å²) in [7, 11) is 0. The molecule has 0 radical (unpaired) electrons. The minimum atomic E-state index is -0.370. The minimum Gasteiger partial charge on any atom is -0.324 e. The number of likely N-dealkylation sites (N-methyl/N-ethyl adjacent to an activating group) is 1. The molecule has 0 aliphatic carbocycles. The van der Waals surface area contributed by atoms with Gasteiger partial charge in [-0.05, 0) is 55.1 Å². The lowest BCUT2D eigenvalue weighted by atomic mass is 10.0. The summed E-state index contributed by atoms with van der Waals surface area (Å²) in [6.07, 6.45) is 0. The van der Waals surface area contributed by atoms with E-state index in [1.54, 1.807) is 24.3 Å². The van der Waals surface area contributed by atoms with Crippen molar-refractivity contribution in [3.8, 4) is 0 Å². The summed E-state index contributed by atoms with van der Waals surface area (Å²) < 4.78 is 0. The molecule has 0 saturated carbocycles. The largest absolute Gasteiger partial charge is 0.324 e. The van der Waals surface area contributed by atoms with Crippen molar-refractivity contribution < 1.29 is 9.59 Å². The zero-order valence-corrected chi connectivity index (χ0v) is 17.8. The van der Waals surface area contributed by atoms with E-state index in [4.69, 9.17) is 0 Å². The summed E-state index contributed by atoms with van der Waals surface area (Å²) in [6.45, 7) is 5.63. The Morgan fingerprint density at radius 1 is 0.677 bits per heavy atom. The Balaban J connectivity index is 1.65. The van der Waals surface area contributed by atoms with Gasteiger partial charge >= 0.3 is 6.03 Å². The van der Waals surface area contributed by atoms with Crippen LogP contribution in [0.1, 0.15) is 25.5 Å². The van der Waals surface area contributed by atoms with Crippen LogP contribution < -0.4 is 16.0 Å². The van der Waals surface area contributed by atoms with Crippen molar-refractivity contribution in [2.75, 3.05) is 29.0 Å². The molecule has 3 rings (SSSR count). The summed E-state index contributed by atoms with van der Waals surface area (Å²) in [5.74, 6) is -0.0857. The van der Waals surface area contributed by atoms with Crippen molar-refractivity contribution in [1.29, 1.82) is 0 Å². The van der Waals surface area contributed by atoms with Crippen LogP contribution in [0.5, 0.6) is 0 Å². The summed E-state index contributed by atoms with van der Waals surface area (Å²) in [5.41, 5.74) is 2.98. The van der Waals surface area contributed by atoms with Gasteiger partial charge in [0.25, 0.3) is 0 Å². The molecule has 3 aromatic carbocycles. The number of anilines is 3. The molecule has 1 unspecified atom stereocenters.